The van der Waals surface area contributed by atoms with E-state index in [4.69, 9.17) is 33.3 Å². The van der Waals surface area contributed by atoms with Crippen LogP contribution in [0.5, 0.6) is 0 Å². The summed E-state index contributed by atoms with van der Waals surface area (Å²) in [5.74, 6) is -0.866. The Morgan fingerprint density at radius 2 is 1.83 bits per heavy atom. The fraction of sp³-hybridized carbons (Fsp3) is 0.643. The second-order valence-electron chi connectivity index (χ2n) is 13.2. The highest BCUT2D eigenvalue weighted by Gasteiger charge is 2.84. The highest BCUT2D eigenvalue weighted by molar-refractivity contribution is 8.44. The third kappa shape index (κ3) is 7.03. The number of aromatic amines is 1. The number of ether oxygens (including phenoxy) is 2. The number of hydrogen-bond acceptors (Lipinski definition) is 16. The fourth-order valence-electron chi connectivity index (χ4n) is 7.08. The number of halogens is 1. The van der Waals surface area contributed by atoms with E-state index in [2.05, 4.69) is 49.7 Å². The molecule has 5 N–H and O–H groups in total. The maximum absolute atomic E-state index is 16.9. The van der Waals surface area contributed by atoms with Crippen molar-refractivity contribution in [1.29, 1.82) is 0 Å². The first-order valence-electron chi connectivity index (χ1n) is 16.7. The molecule has 0 aromatic carbocycles. The first-order valence-corrected chi connectivity index (χ1v) is 22.1. The van der Waals surface area contributed by atoms with E-state index in [9.17, 15) is 28.6 Å². The number of nitrogens with two attached hydrogens (primary N) is 1. The van der Waals surface area contributed by atoms with E-state index in [1.54, 1.807) is 0 Å². The molecule has 1 aliphatic carbocycles. The minimum Gasteiger partial charge on any atom is -0.387 e. The molecule has 4 aliphatic rings. The molecule has 3 aromatic rings. The zero-order valence-electron chi connectivity index (χ0n) is 28.1. The summed E-state index contributed by atoms with van der Waals surface area (Å²) in [6.45, 7) is -6.53. The number of hydrogen-bond donors (Lipinski definition) is 6. The van der Waals surface area contributed by atoms with Crippen LogP contribution in [0.15, 0.2) is 28.2 Å². The summed E-state index contributed by atoms with van der Waals surface area (Å²) in [4.78, 5) is 52.9. The Kier molecular flexibility index (Phi) is 10.3. The Labute approximate surface area is 310 Å². The van der Waals surface area contributed by atoms with Crippen LogP contribution in [-0.2, 0) is 47.2 Å². The quantitative estimate of drug-likeness (QED) is 0.141. The molecule has 2 bridgehead atoms. The van der Waals surface area contributed by atoms with Gasteiger partial charge in [-0.2, -0.15) is 9.97 Å². The van der Waals surface area contributed by atoms with Crippen molar-refractivity contribution in [2.45, 2.75) is 94.1 Å². The molecule has 10 atom stereocenters. The van der Waals surface area contributed by atoms with Gasteiger partial charge in [-0.05, 0) is 18.9 Å². The lowest BCUT2D eigenvalue weighted by Gasteiger charge is -2.28. The number of thiol groups is 2. The van der Waals surface area contributed by atoms with Crippen molar-refractivity contribution in [2.75, 3.05) is 24.3 Å². The average molecular weight is 823 g/mol. The van der Waals surface area contributed by atoms with Crippen molar-refractivity contribution in [1.82, 2.24) is 29.1 Å². The topological polar surface area (TPSA) is 263 Å². The largest absolute Gasteiger partial charge is 0.387 e. The van der Waals surface area contributed by atoms with E-state index in [1.807, 2.05) is 13.8 Å². The van der Waals surface area contributed by atoms with E-state index < -0.39 is 92.6 Å². The van der Waals surface area contributed by atoms with Gasteiger partial charge in [-0.1, -0.05) is 51.2 Å². The monoisotopic (exact) mass is 822 g/mol. The van der Waals surface area contributed by atoms with Crippen LogP contribution in [0.4, 0.5) is 16.2 Å². The highest BCUT2D eigenvalue weighted by atomic mass is 32.7. The van der Waals surface area contributed by atoms with Gasteiger partial charge in [-0.15, -0.1) is 0 Å². The van der Waals surface area contributed by atoms with Crippen molar-refractivity contribution in [2.24, 2.45) is 5.92 Å². The van der Waals surface area contributed by atoms with Gasteiger partial charge in [0.2, 0.25) is 11.9 Å². The van der Waals surface area contributed by atoms with Crippen molar-refractivity contribution < 1.29 is 51.0 Å². The van der Waals surface area contributed by atoms with Gasteiger partial charge in [-0.3, -0.25) is 41.8 Å². The number of imidazole rings is 1. The highest BCUT2D eigenvalue weighted by Crippen LogP contribution is 2.70. The molecule has 1 saturated carbocycles. The first-order chi connectivity index (χ1) is 25.0. The summed E-state index contributed by atoms with van der Waals surface area (Å²) in [5, 5.41) is 13.9. The molecule has 20 nitrogen and oxygen atoms in total. The van der Waals surface area contributed by atoms with Crippen LogP contribution in [0.25, 0.3) is 11.2 Å². The number of amides is 1. The Morgan fingerprint density at radius 3 is 2.51 bits per heavy atom. The normalized spacial score (nSPS) is 37.0. The molecule has 0 radical (unpaired) electrons. The number of aromatic nitrogens is 6. The average Bonchev–Trinajstić information content (AvgIpc) is 3.29. The second kappa shape index (κ2) is 14.1. The third-order valence-electron chi connectivity index (χ3n) is 9.59. The molecule has 290 valence electrons. The molecule has 0 spiro atoms. The SMILES string of the molecule is CCCC(CCC)C(=O)Nc1ccn([C@]23CC2(F)C2O[P@](=O)(S)OC[C@H]4O[C@@H](n5cnc6c(=O)[nH]c(N)nc65)C(O[P@](=O)(S)OC[C@H]2O3)C4O)c(=O)n1. The molecule has 3 aliphatic heterocycles. The summed E-state index contributed by atoms with van der Waals surface area (Å²) >= 11 is 8.10. The Balaban J connectivity index is 1.15. The van der Waals surface area contributed by atoms with Crippen LogP contribution < -0.4 is 22.3 Å². The lowest BCUT2D eigenvalue weighted by Crippen LogP contribution is -2.38. The van der Waals surface area contributed by atoms with Crippen molar-refractivity contribution in [3.63, 3.8) is 0 Å². The number of nitrogen functional groups attached to an aromatic ring is 1. The number of aliphatic hydroxyl groups is 1. The van der Waals surface area contributed by atoms with Gasteiger partial charge in [0.15, 0.2) is 28.8 Å². The molecule has 3 saturated heterocycles. The summed E-state index contributed by atoms with van der Waals surface area (Å²) in [7, 11) is 0. The number of carbonyl (C=O) groups is 1. The van der Waals surface area contributed by atoms with Crippen molar-refractivity contribution in [3.05, 3.63) is 39.4 Å². The molecule has 7 rings (SSSR count). The first kappa shape index (κ1) is 38.6. The predicted molar refractivity (Wildman–Crippen MR) is 189 cm³/mol. The maximum Gasteiger partial charge on any atom is 0.386 e. The molecule has 6 heterocycles. The van der Waals surface area contributed by atoms with Gasteiger partial charge in [0.25, 0.3) is 5.56 Å². The number of rotatable bonds is 8. The number of anilines is 2. The van der Waals surface area contributed by atoms with Gasteiger partial charge < -0.3 is 25.6 Å². The van der Waals surface area contributed by atoms with Crippen LogP contribution in [-0.4, -0.2) is 89.5 Å². The van der Waals surface area contributed by atoms with Gasteiger partial charge in [0.05, 0.1) is 19.5 Å². The molecule has 53 heavy (non-hydrogen) atoms. The maximum atomic E-state index is 16.9. The summed E-state index contributed by atoms with van der Waals surface area (Å²) in [6.07, 6.45) is -4.44. The van der Waals surface area contributed by atoms with E-state index in [0.29, 0.717) is 12.8 Å². The van der Waals surface area contributed by atoms with Crippen molar-refractivity contribution in [3.8, 4) is 0 Å². The number of carbonyl (C=O) groups excluding carboxylic acids is 1. The predicted octanol–water partition coefficient (Wildman–Crippen LogP) is 2.43. The number of H-pyrrole nitrogens is 1. The summed E-state index contributed by atoms with van der Waals surface area (Å²) in [6, 6.07) is 1.32. The molecular formula is C28H37FN8O12P2S2. The van der Waals surface area contributed by atoms with E-state index in [1.165, 1.54) is 16.8 Å². The molecule has 25 heteroatoms. The van der Waals surface area contributed by atoms with Crippen LogP contribution >= 0.6 is 38.1 Å². The van der Waals surface area contributed by atoms with Crippen molar-refractivity contribution >= 4 is 66.9 Å². The number of nitrogens with one attached hydrogen (secondary N) is 2. The Morgan fingerprint density at radius 1 is 1.15 bits per heavy atom. The number of alkyl halides is 1. The minimum absolute atomic E-state index is 0.0383. The molecule has 3 aromatic heterocycles. The fourth-order valence-corrected chi connectivity index (χ4v) is 10.0. The summed E-state index contributed by atoms with van der Waals surface area (Å²) in [5.41, 5.74) is -0.687. The lowest BCUT2D eigenvalue weighted by molar-refractivity contribution is -0.120. The van der Waals surface area contributed by atoms with Gasteiger partial charge >= 0.3 is 19.3 Å². The number of aliphatic hydroxyl groups excluding tert-OH is 1. The molecular weight excluding hydrogens is 785 g/mol. The van der Waals surface area contributed by atoms with E-state index in [-0.39, 0.29) is 34.8 Å². The van der Waals surface area contributed by atoms with E-state index in [0.717, 1.165) is 23.7 Å². The molecule has 4 unspecified atom stereocenters. The molecule has 4 fully saturated rings. The van der Waals surface area contributed by atoms with Gasteiger partial charge in [-0.25, -0.2) is 23.3 Å². The minimum atomic E-state index is -4.52. The summed E-state index contributed by atoms with van der Waals surface area (Å²) < 4.78 is 80.4. The second-order valence-corrected chi connectivity index (χ2v) is 18.9. The van der Waals surface area contributed by atoms with Crippen LogP contribution in [0.2, 0.25) is 0 Å². The lowest BCUT2D eigenvalue weighted by atomic mass is 9.97. The molecule has 1 amide bonds. The Hall–Kier alpha value is -2.69. The zero-order chi connectivity index (χ0) is 38.1. The number of fused-ring (bicyclic) bond motifs is 6. The standard InChI is InChI=1S/C28H37FN8O12P2S2/c1-3-5-13(6-4-2)22(39)32-16-7-8-37(26(41)33-16)28-11-27(28,29)20-15(47-28)10-45-50(42,52)48-19-18(38)14(9-44-51(43,53)49-20)46-24(19)36-12-31-17-21(36)34-25(30)35-23(17)40/h7-8,12-15,18-20,24,38H,3-6,9-11H2,1-2H3,(H,42,52)(H,43,53)(H3,30,34,35,40)(H,32,33,39,41)/t14-,15-,18?,19?,20?,24-,27?,28+,50-,51-/m1/s1. The van der Waals surface area contributed by atoms with Crippen LogP contribution in [0.1, 0.15) is 52.2 Å². The third-order valence-corrected chi connectivity index (χ3v) is 12.8. The van der Waals surface area contributed by atoms with Gasteiger partial charge in [0, 0.05) is 18.5 Å². The van der Waals surface area contributed by atoms with Crippen LogP contribution in [0, 0.1) is 5.92 Å². The van der Waals surface area contributed by atoms with Crippen LogP contribution in [0.3, 0.4) is 0 Å². The number of nitrogens with zero attached hydrogens (tertiary/aromatic N) is 5. The van der Waals surface area contributed by atoms with Gasteiger partial charge in [0.1, 0.15) is 36.3 Å². The zero-order valence-corrected chi connectivity index (χ0v) is 31.7. The Bertz CT molecular complexity index is 2140. The smallest absolute Gasteiger partial charge is 0.386 e. The van der Waals surface area contributed by atoms with E-state index >= 15 is 4.39 Å².